The van der Waals surface area contributed by atoms with Crippen molar-refractivity contribution >= 4 is 11.9 Å². The fourth-order valence-electron chi connectivity index (χ4n) is 3.31. The summed E-state index contributed by atoms with van der Waals surface area (Å²) in [5, 5.41) is 35.8. The summed E-state index contributed by atoms with van der Waals surface area (Å²) in [4.78, 5) is 21.7. The van der Waals surface area contributed by atoms with Gasteiger partial charge in [0, 0.05) is 25.7 Å². The van der Waals surface area contributed by atoms with E-state index < -0.39 is 35.9 Å². The second kappa shape index (κ2) is 14.1. The van der Waals surface area contributed by atoms with Gasteiger partial charge in [0.25, 0.3) is 0 Å². The van der Waals surface area contributed by atoms with Crippen LogP contribution in [-0.4, -0.2) is 88.4 Å². The van der Waals surface area contributed by atoms with Crippen LogP contribution in [-0.2, 0) is 27.0 Å². The predicted octanol–water partition coefficient (Wildman–Crippen LogP) is 1.17. The molecule has 1 aliphatic heterocycles. The van der Waals surface area contributed by atoms with E-state index in [0.29, 0.717) is 37.9 Å². The molecule has 2 unspecified atom stereocenters. The number of hydrogen-bond acceptors (Lipinski definition) is 7. The van der Waals surface area contributed by atoms with Gasteiger partial charge in [-0.3, -0.25) is 4.90 Å². The minimum Gasteiger partial charge on any atom is -0.479 e. The molecule has 12 heteroatoms. The van der Waals surface area contributed by atoms with E-state index in [4.69, 9.17) is 25.2 Å². The third-order valence-corrected chi connectivity index (χ3v) is 5.05. The first kappa shape index (κ1) is 28.8. The minimum absolute atomic E-state index is 0.304. The Morgan fingerprint density at radius 1 is 1.12 bits per heavy atom. The van der Waals surface area contributed by atoms with Crippen molar-refractivity contribution < 1.29 is 47.9 Å². The Balaban J connectivity index is 0.000000461. The number of nitrogens with one attached hydrogen (secondary N) is 1. The Bertz CT molecular complexity index is 725. The largest absolute Gasteiger partial charge is 0.479 e. The molecule has 0 radical (unpaired) electrons. The fraction of sp³-hybridized carbons (Fsp3) is 0.619. The summed E-state index contributed by atoms with van der Waals surface area (Å²) in [6.45, 7) is 5.90. The van der Waals surface area contributed by atoms with Crippen LogP contribution in [0.25, 0.3) is 0 Å². The molecular formula is C21H31F3N2O7. The number of carbonyl (C=O) groups is 2. The van der Waals surface area contributed by atoms with Gasteiger partial charge in [-0.1, -0.05) is 18.2 Å². The molecule has 188 valence electrons. The number of benzene rings is 1. The second-order valence-corrected chi connectivity index (χ2v) is 7.37. The van der Waals surface area contributed by atoms with Crippen LogP contribution >= 0.6 is 0 Å². The molecule has 1 aliphatic rings. The number of piperidine rings is 1. The number of halogens is 3. The zero-order valence-corrected chi connectivity index (χ0v) is 18.3. The Morgan fingerprint density at radius 2 is 1.67 bits per heavy atom. The van der Waals surface area contributed by atoms with E-state index in [-0.39, 0.29) is 0 Å². The highest BCUT2D eigenvalue weighted by atomic mass is 19.4. The van der Waals surface area contributed by atoms with E-state index >= 15 is 0 Å². The van der Waals surface area contributed by atoms with Gasteiger partial charge in [0.05, 0.1) is 12.2 Å². The molecule has 0 saturated carbocycles. The van der Waals surface area contributed by atoms with Gasteiger partial charge in [-0.2, -0.15) is 13.2 Å². The number of hydrogen-bond donors (Lipinski definition) is 5. The standard InChI is InChI=1S/C17H25F3N2O.C4H6O6/c1-2-23-12-11-22(15-7-9-21-10-8-15)13-14-5-3-4-6-16(14)17(18,19)20;5-1(3(7)8)2(6)4(9)10/h3-6,15,21H,2,7-13H2,1H3;1-2,5-6H,(H,7,8)(H,9,10). The summed E-state index contributed by atoms with van der Waals surface area (Å²) in [7, 11) is 0. The highest BCUT2D eigenvalue weighted by Crippen LogP contribution is 2.32. The van der Waals surface area contributed by atoms with Gasteiger partial charge >= 0.3 is 18.1 Å². The third kappa shape index (κ3) is 10.0. The minimum atomic E-state index is -4.31. The SMILES string of the molecule is CCOCCN(Cc1ccccc1C(F)(F)F)C1CCNCC1.O=C(O)C(O)C(O)C(=O)O. The number of rotatable bonds is 10. The number of aliphatic carboxylic acids is 2. The summed E-state index contributed by atoms with van der Waals surface area (Å²) < 4.78 is 45.0. The lowest BCUT2D eigenvalue weighted by Gasteiger charge is -2.35. The molecule has 1 heterocycles. The number of ether oxygens (including phenoxy) is 1. The van der Waals surface area contributed by atoms with Crippen LogP contribution in [0.4, 0.5) is 13.2 Å². The van der Waals surface area contributed by atoms with Crippen LogP contribution in [0.3, 0.4) is 0 Å². The lowest BCUT2D eigenvalue weighted by Crippen LogP contribution is -2.44. The number of carboxylic acids is 2. The van der Waals surface area contributed by atoms with Crippen LogP contribution in [0.1, 0.15) is 30.9 Å². The molecule has 33 heavy (non-hydrogen) atoms. The van der Waals surface area contributed by atoms with Crippen molar-refractivity contribution in [1.29, 1.82) is 0 Å². The number of alkyl halides is 3. The highest BCUT2D eigenvalue weighted by Gasteiger charge is 2.34. The smallest absolute Gasteiger partial charge is 0.416 e. The maximum atomic E-state index is 13.2. The Labute approximate surface area is 189 Å². The molecule has 0 aliphatic carbocycles. The monoisotopic (exact) mass is 480 g/mol. The lowest BCUT2D eigenvalue weighted by molar-refractivity contribution is -0.165. The number of carboxylic acid groups (broad SMARTS) is 2. The summed E-state index contributed by atoms with van der Waals surface area (Å²) in [5.41, 5.74) is -0.189. The molecule has 0 aromatic heterocycles. The summed E-state index contributed by atoms with van der Waals surface area (Å²) in [6.07, 6.45) is -6.92. The van der Waals surface area contributed by atoms with Crippen molar-refractivity contribution in [2.45, 2.75) is 50.7 Å². The summed E-state index contributed by atoms with van der Waals surface area (Å²) in [5.74, 6) is -3.54. The Kier molecular flexibility index (Phi) is 12.3. The molecule has 0 amide bonds. The summed E-state index contributed by atoms with van der Waals surface area (Å²) in [6, 6.07) is 6.17. The van der Waals surface area contributed by atoms with Gasteiger partial charge in [-0.05, 0) is 44.5 Å². The van der Waals surface area contributed by atoms with Crippen molar-refractivity contribution in [3.8, 4) is 0 Å². The second-order valence-electron chi connectivity index (χ2n) is 7.37. The van der Waals surface area contributed by atoms with E-state index in [1.165, 1.54) is 12.1 Å². The van der Waals surface area contributed by atoms with Gasteiger partial charge in [0.2, 0.25) is 0 Å². The van der Waals surface area contributed by atoms with Crippen LogP contribution in [0.15, 0.2) is 24.3 Å². The fourth-order valence-corrected chi connectivity index (χ4v) is 3.31. The van der Waals surface area contributed by atoms with Crippen LogP contribution in [0.2, 0.25) is 0 Å². The van der Waals surface area contributed by atoms with Crippen molar-refractivity contribution in [2.24, 2.45) is 0 Å². The number of nitrogens with zero attached hydrogens (tertiary/aromatic N) is 1. The molecule has 5 N–H and O–H groups in total. The van der Waals surface area contributed by atoms with E-state index in [1.54, 1.807) is 12.1 Å². The van der Waals surface area contributed by atoms with Crippen LogP contribution in [0, 0.1) is 0 Å². The van der Waals surface area contributed by atoms with Gasteiger partial charge in [-0.25, -0.2) is 9.59 Å². The molecule has 2 atom stereocenters. The van der Waals surface area contributed by atoms with Crippen molar-refractivity contribution in [3.63, 3.8) is 0 Å². The van der Waals surface area contributed by atoms with Gasteiger partial charge in [-0.15, -0.1) is 0 Å². The molecule has 0 bridgehead atoms. The molecule has 9 nitrogen and oxygen atoms in total. The van der Waals surface area contributed by atoms with E-state index in [2.05, 4.69) is 10.2 Å². The van der Waals surface area contributed by atoms with Gasteiger partial charge in [0.15, 0.2) is 12.2 Å². The van der Waals surface area contributed by atoms with E-state index in [9.17, 15) is 22.8 Å². The topological polar surface area (TPSA) is 140 Å². The van der Waals surface area contributed by atoms with Crippen molar-refractivity contribution in [3.05, 3.63) is 35.4 Å². The molecule has 1 aromatic rings. The maximum Gasteiger partial charge on any atom is 0.416 e. The lowest BCUT2D eigenvalue weighted by atomic mass is 10.0. The molecule has 1 saturated heterocycles. The van der Waals surface area contributed by atoms with Crippen LogP contribution in [0.5, 0.6) is 0 Å². The average molecular weight is 480 g/mol. The Hall–Kier alpha value is -2.25. The van der Waals surface area contributed by atoms with E-state index in [1.807, 2.05) is 6.92 Å². The zero-order chi connectivity index (χ0) is 25.0. The van der Waals surface area contributed by atoms with Crippen molar-refractivity contribution in [2.75, 3.05) is 32.8 Å². The van der Waals surface area contributed by atoms with Gasteiger partial charge in [0.1, 0.15) is 0 Å². The first-order valence-electron chi connectivity index (χ1n) is 10.5. The third-order valence-electron chi connectivity index (χ3n) is 5.05. The highest BCUT2D eigenvalue weighted by molar-refractivity contribution is 5.83. The van der Waals surface area contributed by atoms with Crippen molar-refractivity contribution in [1.82, 2.24) is 10.2 Å². The van der Waals surface area contributed by atoms with Gasteiger partial charge < -0.3 is 30.5 Å². The summed E-state index contributed by atoms with van der Waals surface area (Å²) >= 11 is 0. The molecule has 0 spiro atoms. The normalized spacial score (nSPS) is 16.6. The first-order chi connectivity index (χ1) is 15.5. The molecule has 1 aromatic carbocycles. The van der Waals surface area contributed by atoms with E-state index in [0.717, 1.165) is 25.9 Å². The number of aliphatic hydroxyl groups is 2. The average Bonchev–Trinajstić information content (AvgIpc) is 2.78. The quantitative estimate of drug-likeness (QED) is 0.312. The maximum absolute atomic E-state index is 13.2. The van der Waals surface area contributed by atoms with Crippen LogP contribution < -0.4 is 5.32 Å². The molecular weight excluding hydrogens is 449 g/mol. The molecule has 2 rings (SSSR count). The molecule has 1 fully saturated rings. The first-order valence-corrected chi connectivity index (χ1v) is 10.5. The number of aliphatic hydroxyl groups excluding tert-OH is 2. The predicted molar refractivity (Wildman–Crippen MR) is 112 cm³/mol. The Morgan fingerprint density at radius 3 is 2.15 bits per heavy atom. The zero-order valence-electron chi connectivity index (χ0n) is 18.3.